The van der Waals surface area contributed by atoms with Crippen LogP contribution in [-0.2, 0) is 15.9 Å². The quantitative estimate of drug-likeness (QED) is 0.653. The Morgan fingerprint density at radius 1 is 1.30 bits per heavy atom. The third-order valence-electron chi connectivity index (χ3n) is 4.35. The molecule has 1 amide bonds. The molecule has 7 nitrogen and oxygen atoms in total. The highest BCUT2D eigenvalue weighted by Gasteiger charge is 2.38. The van der Waals surface area contributed by atoms with Crippen LogP contribution >= 0.6 is 11.3 Å². The van der Waals surface area contributed by atoms with Gasteiger partial charge in [-0.15, -0.1) is 0 Å². The van der Waals surface area contributed by atoms with Crippen LogP contribution in [0.4, 0.5) is 9.93 Å². The number of unbranched alkanes of at least 4 members (excludes halogenated alkanes) is 1. The molecule has 27 heavy (non-hydrogen) atoms. The molecule has 8 heteroatoms. The largest absolute Gasteiger partial charge is 0.465 e. The first-order chi connectivity index (χ1) is 12.7. The lowest BCUT2D eigenvalue weighted by Gasteiger charge is -2.45. The first-order valence-electron chi connectivity index (χ1n) is 9.52. The number of ether oxygens (including phenoxy) is 2. The topological polar surface area (TPSA) is 72.0 Å². The molecule has 1 saturated heterocycles. The molecule has 1 aliphatic rings. The molecule has 0 radical (unpaired) electrons. The second kappa shape index (κ2) is 8.91. The smallest absolute Gasteiger partial charge is 0.410 e. The van der Waals surface area contributed by atoms with Gasteiger partial charge in [0.1, 0.15) is 10.5 Å². The lowest BCUT2D eigenvalue weighted by molar-refractivity contribution is 0.0128. The highest BCUT2D eigenvalue weighted by Crippen LogP contribution is 2.32. The Labute approximate surface area is 165 Å². The van der Waals surface area contributed by atoms with Crippen molar-refractivity contribution in [1.29, 1.82) is 0 Å². The van der Waals surface area contributed by atoms with Crippen molar-refractivity contribution in [1.82, 2.24) is 9.88 Å². The number of rotatable bonds is 7. The Balaban J connectivity index is 2.05. The molecule has 0 bridgehead atoms. The summed E-state index contributed by atoms with van der Waals surface area (Å²) < 4.78 is 10.4. The van der Waals surface area contributed by atoms with Crippen LogP contribution in [0.25, 0.3) is 0 Å². The van der Waals surface area contributed by atoms with Gasteiger partial charge < -0.3 is 19.3 Å². The summed E-state index contributed by atoms with van der Waals surface area (Å²) in [6, 6.07) is 0.0990. The van der Waals surface area contributed by atoms with E-state index in [1.54, 1.807) is 0 Å². The summed E-state index contributed by atoms with van der Waals surface area (Å²) in [6.07, 6.45) is 2.38. The number of hydrogen-bond donors (Lipinski definition) is 0. The maximum absolute atomic E-state index is 12.6. The number of aromatic nitrogens is 1. The van der Waals surface area contributed by atoms with Crippen molar-refractivity contribution >= 4 is 28.5 Å². The standard InChI is InChI=1S/C19H31N3O4S/c1-7-9-10-22(18(24)26-19(3,4)5)13-11-21(12-13)17-20-14(8-2)15(27-17)16(23)25-6/h13H,7-12H2,1-6H3. The molecular weight excluding hydrogens is 366 g/mol. The van der Waals surface area contributed by atoms with Crippen molar-refractivity contribution in [2.24, 2.45) is 0 Å². The zero-order valence-electron chi connectivity index (χ0n) is 17.2. The van der Waals surface area contributed by atoms with Gasteiger partial charge in [-0.3, -0.25) is 0 Å². The Morgan fingerprint density at radius 3 is 2.48 bits per heavy atom. The van der Waals surface area contributed by atoms with Crippen LogP contribution in [0.3, 0.4) is 0 Å². The summed E-state index contributed by atoms with van der Waals surface area (Å²) >= 11 is 1.36. The number of aryl methyl sites for hydroxylation is 1. The maximum Gasteiger partial charge on any atom is 0.410 e. The van der Waals surface area contributed by atoms with Crippen molar-refractivity contribution < 1.29 is 19.1 Å². The van der Waals surface area contributed by atoms with Crippen molar-refractivity contribution in [3.63, 3.8) is 0 Å². The summed E-state index contributed by atoms with van der Waals surface area (Å²) in [5.41, 5.74) is 0.256. The third-order valence-corrected chi connectivity index (χ3v) is 5.48. The lowest BCUT2D eigenvalue weighted by Crippen LogP contribution is -2.61. The van der Waals surface area contributed by atoms with Crippen LogP contribution in [0.2, 0.25) is 0 Å². The highest BCUT2D eigenvalue weighted by atomic mass is 32.1. The van der Waals surface area contributed by atoms with E-state index in [2.05, 4.69) is 16.8 Å². The Bertz CT molecular complexity index is 662. The van der Waals surface area contributed by atoms with Crippen LogP contribution in [0.5, 0.6) is 0 Å². The first-order valence-corrected chi connectivity index (χ1v) is 10.3. The predicted octanol–water partition coefficient (Wildman–Crippen LogP) is 3.72. The van der Waals surface area contributed by atoms with Gasteiger partial charge in [0, 0.05) is 19.6 Å². The minimum Gasteiger partial charge on any atom is -0.465 e. The van der Waals surface area contributed by atoms with Gasteiger partial charge in [-0.25, -0.2) is 14.6 Å². The van der Waals surface area contributed by atoms with Crippen molar-refractivity contribution in [2.75, 3.05) is 31.6 Å². The molecule has 0 spiro atoms. The van der Waals surface area contributed by atoms with Gasteiger partial charge in [0.05, 0.1) is 18.8 Å². The van der Waals surface area contributed by atoms with E-state index >= 15 is 0 Å². The van der Waals surface area contributed by atoms with E-state index in [1.165, 1.54) is 18.4 Å². The fourth-order valence-corrected chi connectivity index (χ4v) is 3.94. The number of esters is 1. The van der Waals surface area contributed by atoms with Gasteiger partial charge in [-0.1, -0.05) is 31.6 Å². The van der Waals surface area contributed by atoms with Crippen molar-refractivity contribution in [2.45, 2.75) is 65.5 Å². The molecule has 2 rings (SSSR count). The number of carbonyl (C=O) groups excluding carboxylic acids is 2. The molecule has 1 aromatic rings. The minimum atomic E-state index is -0.508. The van der Waals surface area contributed by atoms with Gasteiger partial charge in [0.2, 0.25) is 0 Å². The fraction of sp³-hybridized carbons (Fsp3) is 0.737. The number of thiazole rings is 1. The number of hydrogen-bond acceptors (Lipinski definition) is 7. The average Bonchev–Trinajstić information content (AvgIpc) is 2.97. The lowest BCUT2D eigenvalue weighted by atomic mass is 10.1. The van der Waals surface area contributed by atoms with Crippen molar-refractivity contribution in [3.8, 4) is 0 Å². The maximum atomic E-state index is 12.6. The molecule has 0 unspecified atom stereocenters. The molecule has 0 aliphatic carbocycles. The van der Waals surface area contributed by atoms with E-state index in [4.69, 9.17) is 9.47 Å². The molecule has 152 valence electrons. The van der Waals surface area contributed by atoms with Crippen molar-refractivity contribution in [3.05, 3.63) is 10.6 Å². The minimum absolute atomic E-state index is 0.0990. The zero-order valence-corrected chi connectivity index (χ0v) is 18.0. The van der Waals surface area contributed by atoms with Gasteiger partial charge in [-0.2, -0.15) is 0 Å². The van der Waals surface area contributed by atoms with E-state index in [0.29, 0.717) is 30.9 Å². The third kappa shape index (κ3) is 5.34. The summed E-state index contributed by atoms with van der Waals surface area (Å²) in [6.45, 7) is 11.8. The molecule has 0 aromatic carbocycles. The molecule has 1 aliphatic heterocycles. The Kier molecular flexibility index (Phi) is 7.08. The Hall–Kier alpha value is -1.83. The summed E-state index contributed by atoms with van der Waals surface area (Å²) in [7, 11) is 1.38. The summed E-state index contributed by atoms with van der Waals surface area (Å²) in [5, 5.41) is 0.808. The molecule has 2 heterocycles. The normalized spacial score (nSPS) is 14.7. The van der Waals surface area contributed by atoms with E-state index in [1.807, 2.05) is 32.6 Å². The number of amides is 1. The van der Waals surface area contributed by atoms with Crippen LogP contribution in [0.15, 0.2) is 0 Å². The number of anilines is 1. The van der Waals surface area contributed by atoms with Crippen LogP contribution in [-0.4, -0.2) is 60.3 Å². The van der Waals surface area contributed by atoms with Gasteiger partial charge in [0.25, 0.3) is 0 Å². The number of carbonyl (C=O) groups is 2. The molecule has 0 atom stereocenters. The first kappa shape index (κ1) is 21.5. The second-order valence-corrected chi connectivity index (χ2v) is 8.68. The van der Waals surface area contributed by atoms with E-state index < -0.39 is 5.60 Å². The molecule has 1 fully saturated rings. The summed E-state index contributed by atoms with van der Waals surface area (Å²) in [4.78, 5) is 33.6. The van der Waals surface area contributed by atoms with Gasteiger partial charge in [-0.05, 0) is 33.6 Å². The van der Waals surface area contributed by atoms with Gasteiger partial charge in [0.15, 0.2) is 5.13 Å². The average molecular weight is 398 g/mol. The highest BCUT2D eigenvalue weighted by molar-refractivity contribution is 7.17. The second-order valence-electron chi connectivity index (χ2n) is 7.70. The number of nitrogens with zero attached hydrogens (tertiary/aromatic N) is 3. The molecule has 1 aromatic heterocycles. The fourth-order valence-electron chi connectivity index (χ4n) is 2.85. The molecular formula is C19H31N3O4S. The summed E-state index contributed by atoms with van der Waals surface area (Å²) in [5.74, 6) is -0.342. The van der Waals surface area contributed by atoms with Crippen LogP contribution in [0, 0.1) is 0 Å². The monoisotopic (exact) mass is 397 g/mol. The van der Waals surface area contributed by atoms with E-state index in [0.717, 1.165) is 23.7 Å². The zero-order chi connectivity index (χ0) is 20.2. The predicted molar refractivity (Wildman–Crippen MR) is 107 cm³/mol. The number of methoxy groups -OCH3 is 1. The Morgan fingerprint density at radius 2 is 1.96 bits per heavy atom. The molecule has 0 saturated carbocycles. The van der Waals surface area contributed by atoms with Crippen LogP contribution in [0.1, 0.15) is 62.8 Å². The van der Waals surface area contributed by atoms with Crippen LogP contribution < -0.4 is 4.90 Å². The van der Waals surface area contributed by atoms with E-state index in [9.17, 15) is 9.59 Å². The van der Waals surface area contributed by atoms with Gasteiger partial charge >= 0.3 is 12.1 Å². The SMILES string of the molecule is CCCCN(C(=O)OC(C)(C)C)C1CN(c2nc(CC)c(C(=O)OC)s2)C1. The molecule has 0 N–H and O–H groups in total. The van der Waals surface area contributed by atoms with E-state index in [-0.39, 0.29) is 18.1 Å².